The Morgan fingerprint density at radius 2 is 1.65 bits per heavy atom. The Bertz CT molecular complexity index is 573. The number of benzene rings is 2. The summed E-state index contributed by atoms with van der Waals surface area (Å²) in [4.78, 5) is 0. The molecule has 3 unspecified atom stereocenters. The van der Waals surface area contributed by atoms with Gasteiger partial charge < -0.3 is 20.3 Å². The van der Waals surface area contributed by atoms with Crippen molar-refractivity contribution in [1.29, 1.82) is 0 Å². The highest BCUT2D eigenvalue weighted by Crippen LogP contribution is 2.41. The summed E-state index contributed by atoms with van der Waals surface area (Å²) in [6.07, 6.45) is -1.24. The van der Waals surface area contributed by atoms with Gasteiger partial charge in [0.2, 0.25) is 0 Å². The van der Waals surface area contributed by atoms with Gasteiger partial charge >= 0.3 is 0 Å². The molecule has 0 bridgehead atoms. The molecule has 20 heavy (non-hydrogen) atoms. The average molecular weight is 271 g/mol. The number of aliphatic hydroxyl groups excluding tert-OH is 1. The highest BCUT2D eigenvalue weighted by Gasteiger charge is 2.38. The molecular formula is C16H17NO3. The van der Waals surface area contributed by atoms with E-state index in [4.69, 9.17) is 15.2 Å². The zero-order valence-corrected chi connectivity index (χ0v) is 11.0. The van der Waals surface area contributed by atoms with E-state index >= 15 is 0 Å². The molecule has 1 aliphatic heterocycles. The zero-order valence-electron chi connectivity index (χ0n) is 11.0. The Morgan fingerprint density at radius 3 is 2.35 bits per heavy atom. The van der Waals surface area contributed by atoms with Crippen LogP contribution in [-0.4, -0.2) is 17.8 Å². The summed E-state index contributed by atoms with van der Waals surface area (Å²) in [6.45, 7) is -0.109. The molecular weight excluding hydrogens is 254 g/mol. The third-order valence-electron chi connectivity index (χ3n) is 3.46. The summed E-state index contributed by atoms with van der Waals surface area (Å²) < 4.78 is 11.7. The maximum atomic E-state index is 9.51. The van der Waals surface area contributed by atoms with Gasteiger partial charge in [0.15, 0.2) is 6.29 Å². The van der Waals surface area contributed by atoms with Gasteiger partial charge in [-0.1, -0.05) is 48.5 Å². The van der Waals surface area contributed by atoms with Crippen molar-refractivity contribution in [2.45, 2.75) is 18.5 Å². The molecule has 3 atom stereocenters. The molecule has 2 aromatic rings. The van der Waals surface area contributed by atoms with Crippen LogP contribution in [-0.2, 0) is 9.47 Å². The monoisotopic (exact) mass is 271 g/mol. The number of ether oxygens (including phenoxy) is 2. The summed E-state index contributed by atoms with van der Waals surface area (Å²) in [7, 11) is 0. The highest BCUT2D eigenvalue weighted by molar-refractivity contribution is 5.48. The van der Waals surface area contributed by atoms with E-state index in [0.29, 0.717) is 5.69 Å². The van der Waals surface area contributed by atoms with Crippen molar-refractivity contribution < 1.29 is 14.6 Å². The summed E-state index contributed by atoms with van der Waals surface area (Å²) in [5.74, 6) is 0. The largest absolute Gasteiger partial charge is 0.398 e. The number of hydrogen-bond acceptors (Lipinski definition) is 4. The molecule has 104 valence electrons. The van der Waals surface area contributed by atoms with Gasteiger partial charge in [-0.25, -0.2) is 0 Å². The smallest absolute Gasteiger partial charge is 0.185 e. The minimum absolute atomic E-state index is 0.109. The first-order valence-corrected chi connectivity index (χ1v) is 6.60. The van der Waals surface area contributed by atoms with E-state index in [1.54, 1.807) is 0 Å². The molecule has 0 radical (unpaired) electrons. The van der Waals surface area contributed by atoms with E-state index in [1.165, 1.54) is 0 Å². The lowest BCUT2D eigenvalue weighted by atomic mass is 10.0. The first kappa shape index (κ1) is 13.1. The minimum Gasteiger partial charge on any atom is -0.398 e. The molecule has 4 heteroatoms. The lowest BCUT2D eigenvalue weighted by Crippen LogP contribution is -2.20. The van der Waals surface area contributed by atoms with Crippen molar-refractivity contribution in [2.24, 2.45) is 0 Å². The molecule has 1 saturated heterocycles. The van der Waals surface area contributed by atoms with Gasteiger partial charge in [-0.15, -0.1) is 0 Å². The fourth-order valence-electron chi connectivity index (χ4n) is 2.43. The van der Waals surface area contributed by atoms with Crippen LogP contribution in [0.15, 0.2) is 54.6 Å². The first-order chi connectivity index (χ1) is 9.79. The molecule has 3 rings (SSSR count). The normalized spacial score (nSPS) is 25.8. The standard InChI is InChI=1S/C16H17NO3/c17-13-9-5-4-8-12(13)15-14(10-18)19-16(20-15)11-6-2-1-3-7-11/h1-9,14-16,18H,10,17H2. The molecule has 0 spiro atoms. The predicted molar refractivity (Wildman–Crippen MR) is 75.8 cm³/mol. The summed E-state index contributed by atoms with van der Waals surface area (Å²) in [6, 6.07) is 17.2. The number of aliphatic hydroxyl groups is 1. The fraction of sp³-hybridized carbons (Fsp3) is 0.250. The molecule has 0 amide bonds. The van der Waals surface area contributed by atoms with Crippen LogP contribution >= 0.6 is 0 Å². The molecule has 4 nitrogen and oxygen atoms in total. The van der Waals surface area contributed by atoms with Crippen LogP contribution in [0.5, 0.6) is 0 Å². The van der Waals surface area contributed by atoms with Crippen LogP contribution in [0.3, 0.4) is 0 Å². The van der Waals surface area contributed by atoms with Gasteiger partial charge in [-0.2, -0.15) is 0 Å². The number of hydrogen-bond donors (Lipinski definition) is 2. The fourth-order valence-corrected chi connectivity index (χ4v) is 2.43. The first-order valence-electron chi connectivity index (χ1n) is 6.60. The molecule has 3 N–H and O–H groups in total. The lowest BCUT2D eigenvalue weighted by molar-refractivity contribution is -0.0739. The van der Waals surface area contributed by atoms with E-state index in [9.17, 15) is 5.11 Å². The topological polar surface area (TPSA) is 64.7 Å². The van der Waals surface area contributed by atoms with E-state index in [-0.39, 0.29) is 12.7 Å². The molecule has 2 aromatic carbocycles. The Balaban J connectivity index is 1.87. The van der Waals surface area contributed by atoms with Crippen molar-refractivity contribution in [2.75, 3.05) is 12.3 Å². The van der Waals surface area contributed by atoms with Crippen LogP contribution in [0.4, 0.5) is 5.69 Å². The summed E-state index contributed by atoms with van der Waals surface area (Å²) in [5, 5.41) is 9.51. The van der Waals surface area contributed by atoms with Gasteiger partial charge in [0.1, 0.15) is 12.2 Å². The van der Waals surface area contributed by atoms with Crippen LogP contribution in [0.1, 0.15) is 23.5 Å². The summed E-state index contributed by atoms with van der Waals surface area (Å²) in [5.41, 5.74) is 8.42. The molecule has 0 aliphatic carbocycles. The van der Waals surface area contributed by atoms with Gasteiger partial charge in [0, 0.05) is 16.8 Å². The zero-order chi connectivity index (χ0) is 13.9. The second kappa shape index (κ2) is 5.63. The van der Waals surface area contributed by atoms with Gasteiger partial charge in [-0.05, 0) is 6.07 Å². The SMILES string of the molecule is Nc1ccccc1C1OC(c2ccccc2)OC1CO. The molecule has 1 heterocycles. The van der Waals surface area contributed by atoms with Gasteiger partial charge in [0.25, 0.3) is 0 Å². The van der Waals surface area contributed by atoms with Crippen molar-refractivity contribution in [3.05, 3.63) is 65.7 Å². The Morgan fingerprint density at radius 1 is 0.950 bits per heavy atom. The minimum atomic E-state index is -0.474. The Hall–Kier alpha value is -1.88. The maximum absolute atomic E-state index is 9.51. The van der Waals surface area contributed by atoms with E-state index in [2.05, 4.69) is 0 Å². The van der Waals surface area contributed by atoms with Crippen LogP contribution in [0.2, 0.25) is 0 Å². The number of rotatable bonds is 3. The van der Waals surface area contributed by atoms with E-state index in [1.807, 2.05) is 54.6 Å². The Kier molecular flexibility index (Phi) is 3.69. The molecule has 1 fully saturated rings. The quantitative estimate of drug-likeness (QED) is 0.841. The predicted octanol–water partition coefficient (Wildman–Crippen LogP) is 2.42. The van der Waals surface area contributed by atoms with Gasteiger partial charge in [-0.3, -0.25) is 0 Å². The number of nitrogens with two attached hydrogens (primary N) is 1. The highest BCUT2D eigenvalue weighted by atomic mass is 16.7. The number of para-hydroxylation sites is 1. The van der Waals surface area contributed by atoms with Crippen molar-refractivity contribution in [3.8, 4) is 0 Å². The molecule has 0 aromatic heterocycles. The van der Waals surface area contributed by atoms with Crippen molar-refractivity contribution >= 4 is 5.69 Å². The second-order valence-corrected chi connectivity index (χ2v) is 4.79. The van der Waals surface area contributed by atoms with Crippen molar-refractivity contribution in [1.82, 2.24) is 0 Å². The van der Waals surface area contributed by atoms with Crippen LogP contribution in [0.25, 0.3) is 0 Å². The lowest BCUT2D eigenvalue weighted by Gasteiger charge is -2.16. The Labute approximate surface area is 117 Å². The van der Waals surface area contributed by atoms with Crippen LogP contribution in [0, 0.1) is 0 Å². The van der Waals surface area contributed by atoms with E-state index in [0.717, 1.165) is 11.1 Å². The number of nitrogen functional groups attached to an aromatic ring is 1. The van der Waals surface area contributed by atoms with Crippen LogP contribution < -0.4 is 5.73 Å². The average Bonchev–Trinajstić information content (AvgIpc) is 2.93. The maximum Gasteiger partial charge on any atom is 0.185 e. The molecule has 0 saturated carbocycles. The second-order valence-electron chi connectivity index (χ2n) is 4.79. The summed E-state index contributed by atoms with van der Waals surface area (Å²) >= 11 is 0. The van der Waals surface area contributed by atoms with E-state index < -0.39 is 12.4 Å². The number of anilines is 1. The third kappa shape index (κ3) is 2.41. The van der Waals surface area contributed by atoms with Gasteiger partial charge in [0.05, 0.1) is 6.61 Å². The third-order valence-corrected chi connectivity index (χ3v) is 3.46. The van der Waals surface area contributed by atoms with Crippen molar-refractivity contribution in [3.63, 3.8) is 0 Å². The molecule has 1 aliphatic rings.